The van der Waals surface area contributed by atoms with Gasteiger partial charge in [-0.2, -0.15) is 0 Å². The van der Waals surface area contributed by atoms with Crippen molar-refractivity contribution < 1.29 is 9.72 Å². The number of nitro benzene ring substituents is 1. The first-order valence-corrected chi connectivity index (χ1v) is 10.8. The SMILES string of the molecule is CC(C)Cn1c(SC(C)C(=O)Nc2ccc([N+](=O)[O-])cc2Cl)nc2ccccc2c1=O. The molecule has 1 aromatic heterocycles. The van der Waals surface area contributed by atoms with E-state index in [0.29, 0.717) is 22.6 Å². The highest BCUT2D eigenvalue weighted by atomic mass is 35.5. The first kappa shape index (κ1) is 22.8. The third-order valence-corrected chi connectivity index (χ3v) is 5.85. The van der Waals surface area contributed by atoms with Gasteiger partial charge in [-0.3, -0.25) is 24.3 Å². The number of aromatic nitrogens is 2. The molecular weight excluding hydrogens is 440 g/mol. The van der Waals surface area contributed by atoms with Crippen LogP contribution in [0.3, 0.4) is 0 Å². The number of halogens is 1. The standard InChI is InChI=1S/C21H21ClN4O4S/c1-12(2)11-25-20(28)15-6-4-5-7-17(15)24-21(25)31-13(3)19(27)23-18-9-8-14(26(29)30)10-16(18)22/h4-10,12-13H,11H2,1-3H3,(H,23,27). The largest absolute Gasteiger partial charge is 0.324 e. The summed E-state index contributed by atoms with van der Waals surface area (Å²) in [5.74, 6) is -0.151. The third-order valence-electron chi connectivity index (χ3n) is 4.45. The zero-order chi connectivity index (χ0) is 22.7. The molecule has 0 fully saturated rings. The first-order valence-electron chi connectivity index (χ1n) is 9.58. The second-order valence-electron chi connectivity index (χ2n) is 7.39. The number of anilines is 1. The molecule has 0 saturated carbocycles. The Morgan fingerprint density at radius 3 is 2.61 bits per heavy atom. The van der Waals surface area contributed by atoms with Gasteiger partial charge in [0.05, 0.1) is 31.8 Å². The molecule has 2 aromatic carbocycles. The van der Waals surface area contributed by atoms with Crippen LogP contribution in [0.15, 0.2) is 52.4 Å². The molecule has 1 unspecified atom stereocenters. The number of benzene rings is 2. The summed E-state index contributed by atoms with van der Waals surface area (Å²) in [7, 11) is 0. The maximum atomic E-state index is 13.0. The monoisotopic (exact) mass is 460 g/mol. The average Bonchev–Trinajstić information content (AvgIpc) is 2.71. The summed E-state index contributed by atoms with van der Waals surface area (Å²) in [6.07, 6.45) is 0. The second-order valence-corrected chi connectivity index (χ2v) is 9.11. The molecule has 1 atom stereocenters. The molecule has 0 radical (unpaired) electrons. The summed E-state index contributed by atoms with van der Waals surface area (Å²) in [6.45, 7) is 6.17. The van der Waals surface area contributed by atoms with Gasteiger partial charge in [-0.1, -0.05) is 49.3 Å². The first-order chi connectivity index (χ1) is 14.7. The molecule has 10 heteroatoms. The number of thioether (sulfide) groups is 1. The molecular formula is C21H21ClN4O4S. The van der Waals surface area contributed by atoms with E-state index in [1.165, 1.54) is 30.0 Å². The normalized spacial score (nSPS) is 12.2. The molecule has 8 nitrogen and oxygen atoms in total. The summed E-state index contributed by atoms with van der Waals surface area (Å²) in [6, 6.07) is 10.9. The number of nitrogens with one attached hydrogen (secondary N) is 1. The van der Waals surface area contributed by atoms with E-state index < -0.39 is 10.2 Å². The number of hydrogen-bond acceptors (Lipinski definition) is 6. The van der Waals surface area contributed by atoms with E-state index in [2.05, 4.69) is 10.3 Å². The van der Waals surface area contributed by atoms with Gasteiger partial charge in [-0.25, -0.2) is 4.98 Å². The third kappa shape index (κ3) is 5.23. The van der Waals surface area contributed by atoms with Gasteiger partial charge in [0, 0.05) is 18.7 Å². The highest BCUT2D eigenvalue weighted by Gasteiger charge is 2.21. The Morgan fingerprint density at radius 2 is 1.97 bits per heavy atom. The van der Waals surface area contributed by atoms with E-state index >= 15 is 0 Å². The Morgan fingerprint density at radius 1 is 1.26 bits per heavy atom. The maximum absolute atomic E-state index is 13.0. The maximum Gasteiger partial charge on any atom is 0.271 e. The van der Waals surface area contributed by atoms with Crippen molar-refractivity contribution in [1.29, 1.82) is 0 Å². The zero-order valence-electron chi connectivity index (χ0n) is 17.2. The van der Waals surface area contributed by atoms with Crippen LogP contribution in [0.4, 0.5) is 11.4 Å². The number of amides is 1. The number of hydrogen-bond donors (Lipinski definition) is 1. The van der Waals surface area contributed by atoms with Crippen LogP contribution in [0.2, 0.25) is 5.02 Å². The number of rotatable bonds is 7. The van der Waals surface area contributed by atoms with E-state index in [1.807, 2.05) is 19.9 Å². The Labute approximate surface area is 187 Å². The van der Waals surface area contributed by atoms with Crippen LogP contribution in [0.1, 0.15) is 20.8 Å². The van der Waals surface area contributed by atoms with Crippen LogP contribution in [0.25, 0.3) is 10.9 Å². The Hall–Kier alpha value is -2.91. The average molecular weight is 461 g/mol. The van der Waals surface area contributed by atoms with Crippen LogP contribution in [0.5, 0.6) is 0 Å². The lowest BCUT2D eigenvalue weighted by atomic mass is 10.2. The number of nitrogens with zero attached hydrogens (tertiary/aromatic N) is 3. The van der Waals surface area contributed by atoms with Crippen LogP contribution in [-0.4, -0.2) is 25.6 Å². The quantitative estimate of drug-likeness (QED) is 0.236. The van der Waals surface area contributed by atoms with Crippen molar-refractivity contribution in [2.24, 2.45) is 5.92 Å². The minimum atomic E-state index is -0.599. The van der Waals surface area contributed by atoms with Crippen molar-refractivity contribution in [3.63, 3.8) is 0 Å². The summed E-state index contributed by atoms with van der Waals surface area (Å²) >= 11 is 7.24. The Kier molecular flexibility index (Phi) is 6.97. The van der Waals surface area contributed by atoms with Crippen molar-refractivity contribution in [3.05, 3.63) is 68.0 Å². The van der Waals surface area contributed by atoms with Crippen LogP contribution < -0.4 is 10.9 Å². The van der Waals surface area contributed by atoms with E-state index in [4.69, 9.17) is 11.6 Å². The van der Waals surface area contributed by atoms with E-state index in [0.717, 1.165) is 0 Å². The molecule has 0 spiro atoms. The number of carbonyl (C=O) groups excluding carboxylic acids is 1. The number of non-ortho nitro benzene ring substituents is 1. The molecule has 1 heterocycles. The summed E-state index contributed by atoms with van der Waals surface area (Å²) < 4.78 is 1.60. The second kappa shape index (κ2) is 9.49. The van der Waals surface area contributed by atoms with Gasteiger partial charge in [0.25, 0.3) is 11.2 Å². The van der Waals surface area contributed by atoms with Gasteiger partial charge < -0.3 is 5.32 Å². The molecule has 31 heavy (non-hydrogen) atoms. The number of carbonyl (C=O) groups is 1. The van der Waals surface area contributed by atoms with Gasteiger partial charge in [-0.15, -0.1) is 0 Å². The Balaban J connectivity index is 1.87. The molecule has 162 valence electrons. The Bertz CT molecular complexity index is 1210. The zero-order valence-corrected chi connectivity index (χ0v) is 18.7. The molecule has 0 bridgehead atoms. The van der Waals surface area contributed by atoms with Crippen LogP contribution in [0, 0.1) is 16.0 Å². The predicted molar refractivity (Wildman–Crippen MR) is 123 cm³/mol. The molecule has 1 amide bonds. The van der Waals surface area contributed by atoms with Crippen molar-refractivity contribution in [1.82, 2.24) is 9.55 Å². The summed E-state index contributed by atoms with van der Waals surface area (Å²) in [5, 5.41) is 14.0. The highest BCUT2D eigenvalue weighted by molar-refractivity contribution is 8.00. The van der Waals surface area contributed by atoms with E-state index in [1.54, 1.807) is 29.7 Å². The van der Waals surface area contributed by atoms with Crippen molar-refractivity contribution in [2.75, 3.05) is 5.32 Å². The van der Waals surface area contributed by atoms with Gasteiger partial charge in [0.2, 0.25) is 5.91 Å². The van der Waals surface area contributed by atoms with Gasteiger partial charge in [-0.05, 0) is 31.0 Å². The lowest BCUT2D eigenvalue weighted by molar-refractivity contribution is -0.384. The molecule has 3 aromatic rings. The minimum absolute atomic E-state index is 0.0697. The van der Waals surface area contributed by atoms with E-state index in [-0.39, 0.29) is 33.8 Å². The molecule has 0 saturated heterocycles. The summed E-state index contributed by atoms with van der Waals surface area (Å²) in [4.78, 5) is 40.6. The fraction of sp³-hybridized carbons (Fsp3) is 0.286. The molecule has 0 aliphatic rings. The number of nitro groups is 1. The molecule has 0 aliphatic heterocycles. The molecule has 0 aliphatic carbocycles. The smallest absolute Gasteiger partial charge is 0.271 e. The lowest BCUT2D eigenvalue weighted by Crippen LogP contribution is -2.28. The fourth-order valence-corrected chi connectivity index (χ4v) is 4.07. The molecule has 3 rings (SSSR count). The fourth-order valence-electron chi connectivity index (χ4n) is 2.93. The topological polar surface area (TPSA) is 107 Å². The van der Waals surface area contributed by atoms with Gasteiger partial charge in [0.15, 0.2) is 5.16 Å². The van der Waals surface area contributed by atoms with Crippen molar-refractivity contribution in [2.45, 2.75) is 37.7 Å². The van der Waals surface area contributed by atoms with Crippen LogP contribution >= 0.6 is 23.4 Å². The predicted octanol–water partition coefficient (Wildman–Crippen LogP) is 4.73. The van der Waals surface area contributed by atoms with E-state index in [9.17, 15) is 19.7 Å². The van der Waals surface area contributed by atoms with Crippen molar-refractivity contribution >= 4 is 51.5 Å². The highest BCUT2D eigenvalue weighted by Crippen LogP contribution is 2.29. The minimum Gasteiger partial charge on any atom is -0.324 e. The summed E-state index contributed by atoms with van der Waals surface area (Å²) in [5.41, 5.74) is 0.535. The lowest BCUT2D eigenvalue weighted by Gasteiger charge is -2.17. The van der Waals surface area contributed by atoms with Gasteiger partial charge >= 0.3 is 0 Å². The van der Waals surface area contributed by atoms with Gasteiger partial charge in [0.1, 0.15) is 0 Å². The van der Waals surface area contributed by atoms with Crippen molar-refractivity contribution in [3.8, 4) is 0 Å². The van der Waals surface area contributed by atoms with Crippen LogP contribution in [-0.2, 0) is 11.3 Å². The number of para-hydroxylation sites is 1. The number of fused-ring (bicyclic) bond motifs is 1. The molecule has 1 N–H and O–H groups in total.